The van der Waals surface area contributed by atoms with Crippen molar-refractivity contribution in [1.82, 2.24) is 5.32 Å². The molecule has 3 N–H and O–H groups in total. The van der Waals surface area contributed by atoms with E-state index in [-0.39, 0.29) is 0 Å². The molecule has 0 bridgehead atoms. The third kappa shape index (κ3) is 5.87. The monoisotopic (exact) mass is 295 g/mol. The van der Waals surface area contributed by atoms with E-state index in [0.717, 1.165) is 25.9 Å². The van der Waals surface area contributed by atoms with Crippen LogP contribution in [0.3, 0.4) is 0 Å². The summed E-state index contributed by atoms with van der Waals surface area (Å²) < 4.78 is 0. The van der Waals surface area contributed by atoms with Gasteiger partial charge in [-0.25, -0.2) is 0 Å². The van der Waals surface area contributed by atoms with Crippen molar-refractivity contribution in [1.29, 1.82) is 0 Å². The molecular weight excluding hydrogens is 266 g/mol. The first kappa shape index (κ1) is 17.7. The maximum atomic E-state index is 11.6. The molecule has 120 valence electrons. The molecule has 0 aromatic heterocycles. The van der Waals surface area contributed by atoms with Crippen LogP contribution in [0.1, 0.15) is 47.0 Å². The summed E-state index contributed by atoms with van der Waals surface area (Å²) in [6, 6.07) is 0.415. The average molecular weight is 295 g/mol. The Balaban J connectivity index is 2.33. The first-order valence-electron chi connectivity index (χ1n) is 7.98. The van der Waals surface area contributed by atoms with Crippen LogP contribution in [0.15, 0.2) is 9.59 Å². The molecule has 0 radical (unpaired) electrons. The second-order valence-corrected chi connectivity index (χ2v) is 6.26. The van der Waals surface area contributed by atoms with Gasteiger partial charge in [-0.15, -0.1) is 0 Å². The van der Waals surface area contributed by atoms with Gasteiger partial charge < -0.3 is 16.0 Å². The molecule has 21 heavy (non-hydrogen) atoms. The third-order valence-electron chi connectivity index (χ3n) is 3.40. The lowest BCUT2D eigenvalue weighted by Crippen LogP contribution is -2.39. The van der Waals surface area contributed by atoms with Crippen molar-refractivity contribution in [3.8, 4) is 0 Å². The number of nitrogens with one attached hydrogen (secondary N) is 3. The predicted molar refractivity (Wildman–Crippen MR) is 90.2 cm³/mol. The van der Waals surface area contributed by atoms with Crippen molar-refractivity contribution in [3.05, 3.63) is 20.4 Å². The summed E-state index contributed by atoms with van der Waals surface area (Å²) in [6.07, 6.45) is 3.35. The van der Waals surface area contributed by atoms with Gasteiger partial charge in [0.25, 0.3) is 10.9 Å². The summed E-state index contributed by atoms with van der Waals surface area (Å²) in [5, 5.41) is 9.41. The van der Waals surface area contributed by atoms with E-state index in [2.05, 4.69) is 43.6 Å². The molecule has 5 heteroatoms. The molecule has 0 amide bonds. The van der Waals surface area contributed by atoms with Gasteiger partial charge in [-0.2, -0.15) is 0 Å². The van der Waals surface area contributed by atoms with E-state index in [9.17, 15) is 9.59 Å². The highest BCUT2D eigenvalue weighted by Crippen LogP contribution is 2.14. The fourth-order valence-electron chi connectivity index (χ4n) is 2.17. The highest BCUT2D eigenvalue weighted by Gasteiger charge is 2.19. The van der Waals surface area contributed by atoms with Gasteiger partial charge in [0, 0.05) is 25.7 Å². The molecule has 1 aromatic rings. The van der Waals surface area contributed by atoms with Gasteiger partial charge in [0.2, 0.25) is 0 Å². The second kappa shape index (κ2) is 8.82. The molecule has 0 aliphatic heterocycles. The lowest BCUT2D eigenvalue weighted by Gasteiger charge is -2.15. The zero-order chi connectivity index (χ0) is 15.8. The largest absolute Gasteiger partial charge is 0.380 e. The Morgan fingerprint density at radius 3 is 1.90 bits per heavy atom. The van der Waals surface area contributed by atoms with E-state index < -0.39 is 10.9 Å². The highest BCUT2D eigenvalue weighted by atomic mass is 16.2. The van der Waals surface area contributed by atoms with Crippen molar-refractivity contribution >= 4 is 11.4 Å². The molecule has 0 unspecified atom stereocenters. The van der Waals surface area contributed by atoms with Crippen LogP contribution in [0.4, 0.5) is 11.4 Å². The van der Waals surface area contributed by atoms with Crippen LogP contribution in [0.5, 0.6) is 0 Å². The molecule has 0 heterocycles. The summed E-state index contributed by atoms with van der Waals surface area (Å²) in [6.45, 7) is 10.7. The molecule has 1 rings (SSSR count). The quantitative estimate of drug-likeness (QED) is 0.430. The molecule has 0 aliphatic carbocycles. The molecule has 0 aliphatic rings. The van der Waals surface area contributed by atoms with E-state index in [1.165, 1.54) is 6.42 Å². The second-order valence-electron chi connectivity index (χ2n) is 6.26. The Hall–Kier alpha value is -1.36. The molecule has 0 fully saturated rings. The maximum absolute atomic E-state index is 11.6. The van der Waals surface area contributed by atoms with Crippen LogP contribution >= 0.6 is 0 Å². The highest BCUT2D eigenvalue weighted by molar-refractivity contribution is 5.73. The Morgan fingerprint density at radius 1 is 0.810 bits per heavy atom. The maximum Gasteiger partial charge on any atom is 0.253 e. The van der Waals surface area contributed by atoms with E-state index in [4.69, 9.17) is 0 Å². The van der Waals surface area contributed by atoms with E-state index in [1.807, 2.05) is 0 Å². The lowest BCUT2D eigenvalue weighted by molar-refractivity contribution is 0.544. The summed E-state index contributed by atoms with van der Waals surface area (Å²) in [7, 11) is 0. The summed E-state index contributed by atoms with van der Waals surface area (Å²) >= 11 is 0. The van der Waals surface area contributed by atoms with Crippen LogP contribution in [0, 0.1) is 5.92 Å². The van der Waals surface area contributed by atoms with Crippen molar-refractivity contribution in [2.24, 2.45) is 5.92 Å². The van der Waals surface area contributed by atoms with Gasteiger partial charge >= 0.3 is 0 Å². The van der Waals surface area contributed by atoms with Crippen molar-refractivity contribution in [3.63, 3.8) is 0 Å². The van der Waals surface area contributed by atoms with Gasteiger partial charge in [-0.05, 0) is 12.3 Å². The number of anilines is 2. The smallest absolute Gasteiger partial charge is 0.253 e. The Kier molecular flexibility index (Phi) is 7.43. The fourth-order valence-corrected chi connectivity index (χ4v) is 2.17. The summed E-state index contributed by atoms with van der Waals surface area (Å²) in [5.41, 5.74) is 0.130. The van der Waals surface area contributed by atoms with E-state index >= 15 is 0 Å². The molecule has 5 nitrogen and oxygen atoms in total. The Bertz CT molecular complexity index is 488. The van der Waals surface area contributed by atoms with E-state index in [1.54, 1.807) is 0 Å². The average Bonchev–Trinajstić information content (AvgIpc) is 2.42. The van der Waals surface area contributed by atoms with Crippen molar-refractivity contribution < 1.29 is 0 Å². The predicted octanol–water partition coefficient (Wildman–Crippen LogP) is 1.93. The van der Waals surface area contributed by atoms with Crippen LogP contribution < -0.4 is 26.8 Å². The SMILES string of the molecule is CC(C)CCCCNc1c(NCCNC(C)C)c(=O)c1=O. The molecule has 1 aromatic carbocycles. The fraction of sp³-hybridized carbons (Fsp3) is 0.750. The molecular formula is C16H29N3O2. The van der Waals surface area contributed by atoms with Gasteiger partial charge in [-0.3, -0.25) is 9.59 Å². The zero-order valence-corrected chi connectivity index (χ0v) is 13.7. The lowest BCUT2D eigenvalue weighted by atomic mass is 10.1. The van der Waals surface area contributed by atoms with Gasteiger partial charge in [0.05, 0.1) is 0 Å². The third-order valence-corrected chi connectivity index (χ3v) is 3.40. The zero-order valence-electron chi connectivity index (χ0n) is 13.7. The normalized spacial score (nSPS) is 11.5. The molecule has 0 saturated carbocycles. The topological polar surface area (TPSA) is 70.2 Å². The number of hydrogen-bond acceptors (Lipinski definition) is 5. The Labute approximate surface area is 127 Å². The number of hydrogen-bond donors (Lipinski definition) is 3. The summed E-state index contributed by atoms with van der Waals surface area (Å²) in [5.74, 6) is 0.710. The van der Waals surface area contributed by atoms with Gasteiger partial charge in [-0.1, -0.05) is 40.5 Å². The molecule has 0 spiro atoms. The minimum absolute atomic E-state index is 0.391. The first-order chi connectivity index (χ1) is 9.93. The van der Waals surface area contributed by atoms with Crippen molar-refractivity contribution in [2.45, 2.75) is 53.0 Å². The molecule has 0 atom stereocenters. The van der Waals surface area contributed by atoms with Crippen LogP contribution in [-0.4, -0.2) is 25.7 Å². The van der Waals surface area contributed by atoms with Crippen LogP contribution in [-0.2, 0) is 0 Å². The van der Waals surface area contributed by atoms with E-state index in [0.29, 0.717) is 29.9 Å². The standard InChI is InChI=1S/C16H29N3O2/c1-11(2)7-5-6-8-18-13-14(16(21)15(13)20)19-10-9-17-12(3)4/h11-12,17-19H,5-10H2,1-4H3. The molecule has 0 saturated heterocycles. The minimum atomic E-state index is -0.399. The minimum Gasteiger partial charge on any atom is -0.380 e. The van der Waals surface area contributed by atoms with Gasteiger partial charge in [0.15, 0.2) is 0 Å². The van der Waals surface area contributed by atoms with Crippen LogP contribution in [0.2, 0.25) is 0 Å². The number of unbranched alkanes of at least 4 members (excludes halogenated alkanes) is 1. The van der Waals surface area contributed by atoms with Gasteiger partial charge in [0.1, 0.15) is 11.4 Å². The Morgan fingerprint density at radius 2 is 1.38 bits per heavy atom. The van der Waals surface area contributed by atoms with Crippen molar-refractivity contribution in [2.75, 3.05) is 30.3 Å². The van der Waals surface area contributed by atoms with Crippen LogP contribution in [0.25, 0.3) is 0 Å². The number of rotatable bonds is 11. The summed E-state index contributed by atoms with van der Waals surface area (Å²) in [4.78, 5) is 23.1. The first-order valence-corrected chi connectivity index (χ1v) is 7.98.